The third kappa shape index (κ3) is 4.85. The number of rotatable bonds is 6. The van der Waals surface area contributed by atoms with Crippen LogP contribution in [0.15, 0.2) is 201 Å². The molecule has 1 spiro atoms. The number of hydrogen-bond acceptors (Lipinski definition) is 3. The molecule has 0 unspecified atom stereocenters. The lowest BCUT2D eigenvalue weighted by Crippen LogP contribution is -2.25. The van der Waals surface area contributed by atoms with E-state index in [0.29, 0.717) is 17.2 Å². The standard InChI is InChI=1S/C54H37NO2/c1-3-15-35(2)36-28-30-39(31-29-36)55(40-19-13-18-38(34-40)37-16-5-4-6-17-37)48-26-14-27-49-52(48)57-53-50(56-49)33-32-47-51(53)43-22-9-12-25-46(43)54(47)44-23-10-7-20-41(44)42-21-8-11-24-45(42)54/h3-34H,1H2,2H3/b35-15+. The van der Waals surface area contributed by atoms with Gasteiger partial charge in [-0.3, -0.25) is 0 Å². The Morgan fingerprint density at radius 2 is 1.12 bits per heavy atom. The van der Waals surface area contributed by atoms with Gasteiger partial charge in [-0.2, -0.15) is 0 Å². The van der Waals surface area contributed by atoms with Crippen LogP contribution in [0.2, 0.25) is 0 Å². The summed E-state index contributed by atoms with van der Waals surface area (Å²) in [5.41, 5.74) is 16.8. The highest BCUT2D eigenvalue weighted by molar-refractivity contribution is 5.98. The fraction of sp³-hybridized carbons (Fsp3) is 0.0370. The van der Waals surface area contributed by atoms with Gasteiger partial charge in [0.05, 0.1) is 11.1 Å². The smallest absolute Gasteiger partial charge is 0.194 e. The lowest BCUT2D eigenvalue weighted by atomic mass is 9.70. The van der Waals surface area contributed by atoms with Crippen molar-refractivity contribution >= 4 is 22.6 Å². The first-order valence-electron chi connectivity index (χ1n) is 19.5. The molecule has 270 valence electrons. The molecule has 3 heteroatoms. The van der Waals surface area contributed by atoms with Crippen molar-refractivity contribution in [1.29, 1.82) is 0 Å². The average Bonchev–Trinajstić information content (AvgIpc) is 3.74. The van der Waals surface area contributed by atoms with Crippen molar-refractivity contribution < 1.29 is 9.47 Å². The van der Waals surface area contributed by atoms with E-state index in [1.807, 2.05) is 24.3 Å². The van der Waals surface area contributed by atoms with Gasteiger partial charge in [-0.15, -0.1) is 0 Å². The van der Waals surface area contributed by atoms with Crippen molar-refractivity contribution in [2.45, 2.75) is 12.3 Å². The quantitative estimate of drug-likeness (QED) is 0.159. The zero-order valence-electron chi connectivity index (χ0n) is 31.4. The van der Waals surface area contributed by atoms with Crippen LogP contribution in [-0.4, -0.2) is 0 Å². The molecular weight excluding hydrogens is 695 g/mol. The largest absolute Gasteiger partial charge is 0.449 e. The van der Waals surface area contributed by atoms with Crippen molar-refractivity contribution in [1.82, 2.24) is 0 Å². The lowest BCUT2D eigenvalue weighted by molar-refractivity contribution is 0.361. The minimum Gasteiger partial charge on any atom is -0.449 e. The van der Waals surface area contributed by atoms with Gasteiger partial charge in [0.2, 0.25) is 0 Å². The van der Waals surface area contributed by atoms with E-state index >= 15 is 0 Å². The molecule has 0 radical (unpaired) electrons. The normalized spacial score (nSPS) is 13.6. The Bertz CT molecular complexity index is 2890. The maximum Gasteiger partial charge on any atom is 0.194 e. The molecule has 0 bridgehead atoms. The predicted molar refractivity (Wildman–Crippen MR) is 233 cm³/mol. The van der Waals surface area contributed by atoms with E-state index in [2.05, 4.69) is 188 Å². The van der Waals surface area contributed by atoms with Crippen LogP contribution in [0.1, 0.15) is 34.7 Å². The Morgan fingerprint density at radius 3 is 1.84 bits per heavy atom. The Kier molecular flexibility index (Phi) is 7.45. The Labute approximate surface area is 333 Å². The number of para-hydroxylation sites is 1. The van der Waals surface area contributed by atoms with Gasteiger partial charge in [0.15, 0.2) is 23.0 Å². The van der Waals surface area contributed by atoms with Crippen molar-refractivity contribution in [3.05, 3.63) is 229 Å². The number of anilines is 3. The van der Waals surface area contributed by atoms with Gasteiger partial charge < -0.3 is 14.4 Å². The number of allylic oxidation sites excluding steroid dienone is 3. The molecule has 8 aromatic rings. The summed E-state index contributed by atoms with van der Waals surface area (Å²) in [6.45, 7) is 6.01. The minimum atomic E-state index is -0.485. The molecule has 0 saturated heterocycles. The predicted octanol–water partition coefficient (Wildman–Crippen LogP) is 14.7. The van der Waals surface area contributed by atoms with E-state index in [1.165, 1.54) is 33.4 Å². The summed E-state index contributed by atoms with van der Waals surface area (Å²) in [6, 6.07) is 65.0. The minimum absolute atomic E-state index is 0.485. The Hall–Kier alpha value is -7.36. The second kappa shape index (κ2) is 12.9. The van der Waals surface area contributed by atoms with Gasteiger partial charge in [-0.25, -0.2) is 0 Å². The fourth-order valence-electron chi connectivity index (χ4n) is 9.43. The van der Waals surface area contributed by atoms with Gasteiger partial charge in [-0.1, -0.05) is 158 Å². The fourth-order valence-corrected chi connectivity index (χ4v) is 9.43. The second-order valence-corrected chi connectivity index (χ2v) is 14.9. The molecule has 3 nitrogen and oxygen atoms in total. The SMILES string of the molecule is C=C/C=C(\C)c1ccc(N(c2cccc(-c3ccccc3)c2)c2cccc3c2Oc2c(ccc4c2-c2ccccc2C42c4ccccc4-c4ccccc42)O3)cc1. The second-order valence-electron chi connectivity index (χ2n) is 14.9. The van der Waals surface area contributed by atoms with Gasteiger partial charge in [0.25, 0.3) is 0 Å². The maximum absolute atomic E-state index is 7.33. The summed E-state index contributed by atoms with van der Waals surface area (Å²) in [5, 5.41) is 0. The zero-order chi connectivity index (χ0) is 38.1. The summed E-state index contributed by atoms with van der Waals surface area (Å²) in [7, 11) is 0. The van der Waals surface area contributed by atoms with Crippen molar-refractivity contribution in [2.24, 2.45) is 0 Å². The van der Waals surface area contributed by atoms with Crippen molar-refractivity contribution in [3.63, 3.8) is 0 Å². The highest BCUT2D eigenvalue weighted by Gasteiger charge is 2.53. The number of ether oxygens (including phenoxy) is 2. The van der Waals surface area contributed by atoms with Crippen LogP contribution < -0.4 is 14.4 Å². The molecule has 3 aliphatic rings. The van der Waals surface area contributed by atoms with E-state index < -0.39 is 5.41 Å². The van der Waals surface area contributed by atoms with Crippen LogP contribution in [0.5, 0.6) is 23.0 Å². The van der Waals surface area contributed by atoms with E-state index in [-0.39, 0.29) is 0 Å². The summed E-state index contributed by atoms with van der Waals surface area (Å²) in [6.07, 6.45) is 3.87. The summed E-state index contributed by atoms with van der Waals surface area (Å²) in [4.78, 5) is 2.28. The molecule has 1 aliphatic heterocycles. The molecule has 0 atom stereocenters. The number of nitrogens with zero attached hydrogens (tertiary/aromatic N) is 1. The van der Waals surface area contributed by atoms with Gasteiger partial charge in [-0.05, 0) is 111 Å². The van der Waals surface area contributed by atoms with Crippen LogP contribution in [0.25, 0.3) is 39.0 Å². The molecule has 0 fully saturated rings. The molecule has 0 aromatic heterocycles. The highest BCUT2D eigenvalue weighted by atomic mass is 16.6. The highest BCUT2D eigenvalue weighted by Crippen LogP contribution is 2.66. The molecule has 0 N–H and O–H groups in total. The average molecular weight is 732 g/mol. The zero-order valence-corrected chi connectivity index (χ0v) is 31.4. The number of hydrogen-bond donors (Lipinski definition) is 0. The van der Waals surface area contributed by atoms with Crippen LogP contribution >= 0.6 is 0 Å². The third-order valence-corrected chi connectivity index (χ3v) is 11.9. The van der Waals surface area contributed by atoms with Gasteiger partial charge >= 0.3 is 0 Å². The number of fused-ring (bicyclic) bond motifs is 13. The van der Waals surface area contributed by atoms with E-state index in [4.69, 9.17) is 9.47 Å². The van der Waals surface area contributed by atoms with E-state index in [1.54, 1.807) is 0 Å². The molecule has 1 heterocycles. The summed E-state index contributed by atoms with van der Waals surface area (Å²) in [5.74, 6) is 2.78. The molecule has 0 amide bonds. The Morgan fingerprint density at radius 1 is 0.509 bits per heavy atom. The van der Waals surface area contributed by atoms with E-state index in [9.17, 15) is 0 Å². The molecule has 57 heavy (non-hydrogen) atoms. The first kappa shape index (κ1) is 33.0. The van der Waals surface area contributed by atoms with E-state index in [0.717, 1.165) is 56.2 Å². The molecule has 2 aliphatic carbocycles. The van der Waals surface area contributed by atoms with Gasteiger partial charge in [0, 0.05) is 16.9 Å². The Balaban J connectivity index is 1.11. The topological polar surface area (TPSA) is 21.7 Å². The first-order chi connectivity index (χ1) is 28.1. The van der Waals surface area contributed by atoms with Crippen LogP contribution in [-0.2, 0) is 5.41 Å². The lowest BCUT2D eigenvalue weighted by Gasteiger charge is -2.32. The monoisotopic (exact) mass is 731 g/mol. The van der Waals surface area contributed by atoms with Gasteiger partial charge in [0.1, 0.15) is 0 Å². The third-order valence-electron chi connectivity index (χ3n) is 11.9. The molecule has 0 saturated carbocycles. The maximum atomic E-state index is 7.33. The molecule has 8 aromatic carbocycles. The van der Waals surface area contributed by atoms with Crippen molar-refractivity contribution in [2.75, 3.05) is 4.90 Å². The number of benzene rings is 8. The van der Waals surface area contributed by atoms with Crippen LogP contribution in [0.3, 0.4) is 0 Å². The van der Waals surface area contributed by atoms with Crippen LogP contribution in [0, 0.1) is 0 Å². The summed E-state index contributed by atoms with van der Waals surface area (Å²) < 4.78 is 14.2. The summed E-state index contributed by atoms with van der Waals surface area (Å²) >= 11 is 0. The first-order valence-corrected chi connectivity index (χ1v) is 19.5. The molecular formula is C54H37NO2. The van der Waals surface area contributed by atoms with Crippen molar-refractivity contribution in [3.8, 4) is 56.4 Å². The molecule has 11 rings (SSSR count). The van der Waals surface area contributed by atoms with Crippen LogP contribution in [0.4, 0.5) is 17.1 Å².